The van der Waals surface area contributed by atoms with Gasteiger partial charge in [0.2, 0.25) is 23.6 Å². The van der Waals surface area contributed by atoms with Crippen LogP contribution in [0, 0.1) is 5.92 Å². The molecule has 1 saturated carbocycles. The minimum atomic E-state index is -0.676. The van der Waals surface area contributed by atoms with E-state index in [4.69, 9.17) is 35.3 Å². The molecule has 480 valence electrons. The number of aliphatic hydroxyl groups excluding tert-OH is 1. The maximum absolute atomic E-state index is 14.0. The van der Waals surface area contributed by atoms with Gasteiger partial charge in [-0.25, -0.2) is 9.97 Å². The molecule has 0 spiro atoms. The van der Waals surface area contributed by atoms with Crippen molar-refractivity contribution >= 4 is 47.0 Å². The van der Waals surface area contributed by atoms with Crippen molar-refractivity contribution in [3.63, 3.8) is 0 Å². The third-order valence-electron chi connectivity index (χ3n) is 17.0. The molecule has 5 atom stereocenters. The van der Waals surface area contributed by atoms with E-state index >= 15 is 0 Å². The van der Waals surface area contributed by atoms with E-state index in [2.05, 4.69) is 53.7 Å². The lowest BCUT2D eigenvalue weighted by molar-refractivity contribution is -0.133. The molecule has 23 heteroatoms. The molecule has 0 bridgehead atoms. The summed E-state index contributed by atoms with van der Waals surface area (Å²) >= 11 is 6.21. The number of carbonyl (C=O) groups is 5. The van der Waals surface area contributed by atoms with Crippen molar-refractivity contribution in [3.05, 3.63) is 112 Å². The van der Waals surface area contributed by atoms with Crippen molar-refractivity contribution in [3.8, 4) is 11.5 Å². The van der Waals surface area contributed by atoms with E-state index in [0.29, 0.717) is 140 Å². The van der Waals surface area contributed by atoms with Crippen molar-refractivity contribution in [1.82, 2.24) is 51.7 Å². The molecule has 4 aliphatic rings. The van der Waals surface area contributed by atoms with Crippen LogP contribution in [0.4, 0.5) is 5.82 Å². The number of hydrogen-bond donors (Lipinski definition) is 7. The summed E-state index contributed by atoms with van der Waals surface area (Å²) in [5.74, 6) is 1.49. The van der Waals surface area contributed by atoms with Crippen LogP contribution < -0.4 is 46.3 Å². The molecule has 3 fully saturated rings. The average Bonchev–Trinajstić information content (AvgIpc) is 2.70. The number of ether oxygens (including phenoxy) is 5. The number of nitrogens with zero attached hydrogens (tertiary/aromatic N) is 5. The third-order valence-corrected chi connectivity index (χ3v) is 17.2. The maximum atomic E-state index is 14.0. The van der Waals surface area contributed by atoms with Crippen molar-refractivity contribution in [2.75, 3.05) is 143 Å². The standard InChI is InChI=1S/C65H92ClN11O11/c1-4-88-56-38-53(84-3)20-17-50(56)39-69-42-58(80)77-25-9-14-51(43-77)48-12-8-13-49(37-48)63(81)74-60(47-10-6-5-7-11-47)64(82)71-24-31-86-33-35-87-34-32-85-30-23-68-41-57(79)70-22-21-67-40-54(46-15-18-52(66)19-16-46)65(83)76-28-26-75(27-29-76)62-59-45(2)36-55(78)61(59)72-44-73-62/h8,12-13,15-20,37-38,44-45,47,51,54-55,60,67-69,78H,4-7,9-11,14,21-36,39-43H2,1-3H3,(H,70,79)(H,71,82)(H,74,81)/t45-,51?,54-,55-,60-/m1/s1. The molecule has 4 aromatic rings. The van der Waals surface area contributed by atoms with Gasteiger partial charge in [0.1, 0.15) is 29.7 Å². The van der Waals surface area contributed by atoms with Crippen LogP contribution in [-0.2, 0) is 39.9 Å². The number of hydrogen-bond acceptors (Lipinski definition) is 17. The number of halogens is 1. The molecular formula is C65H92ClN11O11. The Bertz CT molecular complexity index is 2860. The molecule has 5 amide bonds. The first kappa shape index (κ1) is 67.4. The predicted molar refractivity (Wildman–Crippen MR) is 336 cm³/mol. The third kappa shape index (κ3) is 20.0. The molecule has 1 aromatic heterocycles. The molecular weight excluding hydrogens is 1150 g/mol. The minimum Gasteiger partial charge on any atom is -0.497 e. The molecule has 8 rings (SSSR count). The van der Waals surface area contributed by atoms with Gasteiger partial charge in [-0.15, -0.1) is 0 Å². The van der Waals surface area contributed by atoms with Crippen molar-refractivity contribution in [1.29, 1.82) is 0 Å². The van der Waals surface area contributed by atoms with Gasteiger partial charge < -0.3 is 75.4 Å². The van der Waals surface area contributed by atoms with E-state index < -0.39 is 18.1 Å². The van der Waals surface area contributed by atoms with Gasteiger partial charge in [0, 0.05) is 112 Å². The summed E-state index contributed by atoms with van der Waals surface area (Å²) in [6, 6.07) is 20.0. The van der Waals surface area contributed by atoms with Crippen LogP contribution in [-0.4, -0.2) is 199 Å². The van der Waals surface area contributed by atoms with Gasteiger partial charge in [-0.2, -0.15) is 0 Å². The monoisotopic (exact) mass is 1240 g/mol. The average molecular weight is 1240 g/mol. The minimum absolute atomic E-state index is 0.0197. The molecule has 3 aromatic carbocycles. The van der Waals surface area contributed by atoms with Crippen LogP contribution in [0.3, 0.4) is 0 Å². The first-order valence-electron chi connectivity index (χ1n) is 31.6. The van der Waals surface area contributed by atoms with Gasteiger partial charge in [-0.1, -0.05) is 68.1 Å². The predicted octanol–water partition coefficient (Wildman–Crippen LogP) is 4.85. The summed E-state index contributed by atoms with van der Waals surface area (Å²) in [4.78, 5) is 82.5. The molecule has 88 heavy (non-hydrogen) atoms. The Kier molecular flexibility index (Phi) is 27.3. The van der Waals surface area contributed by atoms with E-state index in [9.17, 15) is 29.1 Å². The highest BCUT2D eigenvalue weighted by atomic mass is 35.5. The number of benzene rings is 3. The van der Waals surface area contributed by atoms with Gasteiger partial charge >= 0.3 is 0 Å². The number of piperidine rings is 1. The number of rotatable bonds is 34. The molecule has 0 radical (unpaired) electrons. The van der Waals surface area contributed by atoms with E-state index in [1.807, 2.05) is 65.3 Å². The largest absolute Gasteiger partial charge is 0.497 e. The molecule has 3 heterocycles. The zero-order valence-corrected chi connectivity index (χ0v) is 52.3. The highest BCUT2D eigenvalue weighted by molar-refractivity contribution is 6.30. The van der Waals surface area contributed by atoms with Gasteiger partial charge in [-0.05, 0) is 92.3 Å². The lowest BCUT2D eigenvalue weighted by atomic mass is 9.83. The summed E-state index contributed by atoms with van der Waals surface area (Å²) in [6.45, 7) is 13.0. The second-order valence-electron chi connectivity index (χ2n) is 23.1. The lowest BCUT2D eigenvalue weighted by Crippen LogP contribution is -2.52. The second-order valence-corrected chi connectivity index (χ2v) is 23.5. The van der Waals surface area contributed by atoms with Gasteiger partial charge in [0.25, 0.3) is 5.91 Å². The number of nitrogens with one attached hydrogen (secondary N) is 6. The Morgan fingerprint density at radius 1 is 0.750 bits per heavy atom. The number of aromatic nitrogens is 2. The van der Waals surface area contributed by atoms with Crippen molar-refractivity contribution < 1.29 is 52.8 Å². The topological polar surface area (TPSA) is 259 Å². The fraction of sp³-hybridized carbons (Fsp3) is 0.585. The van der Waals surface area contributed by atoms with Crippen LogP contribution in [0.1, 0.15) is 127 Å². The summed E-state index contributed by atoms with van der Waals surface area (Å²) in [7, 11) is 1.62. The number of amides is 5. The second kappa shape index (κ2) is 35.6. The summed E-state index contributed by atoms with van der Waals surface area (Å²) in [5, 5.41) is 29.8. The molecule has 2 aliphatic heterocycles. The molecule has 2 aliphatic carbocycles. The number of anilines is 1. The maximum Gasteiger partial charge on any atom is 0.251 e. The SMILES string of the molecule is CCOc1cc(OC)ccc1CNCC(=O)N1CCCC(c2cccc(C(=O)N[C@@H](C(=O)NCCOCCOCCOCCNCC(=O)NCCNC[C@@H](C(=O)N3CCN(c4ncnc5c4[C@H](C)C[C@H]5O)CC3)c3ccc(Cl)cc3)C3CCCCC3)c2)C1. The van der Waals surface area contributed by atoms with Gasteiger partial charge in [0.05, 0.1) is 84.2 Å². The number of piperazine rings is 1. The summed E-state index contributed by atoms with van der Waals surface area (Å²) in [5.41, 5.74) is 5.00. The molecule has 7 N–H and O–H groups in total. The fourth-order valence-electron chi connectivity index (χ4n) is 12.2. The van der Waals surface area contributed by atoms with Crippen LogP contribution in [0.15, 0.2) is 73.1 Å². The number of methoxy groups -OCH3 is 1. The fourth-order valence-corrected chi connectivity index (χ4v) is 12.3. The number of aliphatic hydroxyl groups is 1. The Labute approximate surface area is 523 Å². The van der Waals surface area contributed by atoms with Crippen molar-refractivity contribution in [2.24, 2.45) is 5.92 Å². The Hall–Kier alpha value is -6.50. The summed E-state index contributed by atoms with van der Waals surface area (Å²) < 4.78 is 28.2. The smallest absolute Gasteiger partial charge is 0.251 e. The lowest BCUT2D eigenvalue weighted by Gasteiger charge is -2.38. The van der Waals surface area contributed by atoms with Crippen molar-refractivity contribution in [2.45, 2.75) is 102 Å². The van der Waals surface area contributed by atoms with Gasteiger partial charge in [-0.3, -0.25) is 24.0 Å². The molecule has 1 unspecified atom stereocenters. The highest BCUT2D eigenvalue weighted by Gasteiger charge is 2.36. The van der Waals surface area contributed by atoms with E-state index in [1.54, 1.807) is 25.3 Å². The van der Waals surface area contributed by atoms with Crippen LogP contribution in [0.25, 0.3) is 0 Å². The number of fused-ring (bicyclic) bond motifs is 1. The number of carbonyl (C=O) groups excluding carboxylic acids is 5. The van der Waals surface area contributed by atoms with Crippen LogP contribution in [0.2, 0.25) is 5.02 Å². The van der Waals surface area contributed by atoms with Gasteiger partial charge in [0.15, 0.2) is 0 Å². The molecule has 22 nitrogen and oxygen atoms in total. The van der Waals surface area contributed by atoms with Crippen LogP contribution >= 0.6 is 11.6 Å². The first-order valence-corrected chi connectivity index (χ1v) is 32.0. The number of likely N-dealkylation sites (tertiary alicyclic amines) is 1. The van der Waals surface area contributed by atoms with E-state index in [1.165, 1.54) is 6.33 Å². The highest BCUT2D eigenvalue weighted by Crippen LogP contribution is 2.43. The molecule has 2 saturated heterocycles. The van der Waals surface area contributed by atoms with E-state index in [-0.39, 0.29) is 73.5 Å². The van der Waals surface area contributed by atoms with Crippen LogP contribution in [0.5, 0.6) is 11.5 Å². The Morgan fingerprint density at radius 2 is 1.50 bits per heavy atom. The quantitative estimate of drug-likeness (QED) is 0.0309. The van der Waals surface area contributed by atoms with E-state index in [0.717, 1.165) is 78.8 Å². The zero-order valence-electron chi connectivity index (χ0n) is 51.5. The Morgan fingerprint density at radius 3 is 2.25 bits per heavy atom. The zero-order chi connectivity index (χ0) is 62.0. The first-order chi connectivity index (χ1) is 42.9. The Balaban J connectivity index is 0.649. The normalized spacial score (nSPS) is 18.5. The summed E-state index contributed by atoms with van der Waals surface area (Å²) in [6.07, 6.45) is 8.19.